The summed E-state index contributed by atoms with van der Waals surface area (Å²) >= 11 is 0. The Labute approximate surface area is 213 Å². The second kappa shape index (κ2) is 11.8. The Balaban J connectivity index is 1.76. The molecule has 1 saturated heterocycles. The van der Waals surface area contributed by atoms with E-state index in [0.29, 0.717) is 17.7 Å². The quantitative estimate of drug-likeness (QED) is 0.328. The van der Waals surface area contributed by atoms with Crippen LogP contribution >= 0.6 is 0 Å². The molecular weight excluding hydrogens is 453 g/mol. The van der Waals surface area contributed by atoms with Gasteiger partial charge in [-0.1, -0.05) is 30.3 Å². The summed E-state index contributed by atoms with van der Waals surface area (Å²) in [6.45, 7) is 5.08. The minimum atomic E-state index is -0.389. The molecule has 3 aromatic rings. The van der Waals surface area contributed by atoms with Gasteiger partial charge in [-0.3, -0.25) is 9.78 Å². The number of piperidine rings is 1. The standard InChI is InChI=1S/C30H36FN3O2/c1-21-25(12-7-13-28(21)31)29-26(23-10-8-14-32-18-23)19-34(16-5-4-15-33(2)3)20-27(29)30(36)22-9-6-11-24(35)17-22/h6-14,17-18,26-27,29,35H,4-5,15-16,19-20H2,1-3H3/t26-,27+,29-/m1/s1. The van der Waals surface area contributed by atoms with Crippen molar-refractivity contribution in [2.45, 2.75) is 31.6 Å². The molecule has 0 aliphatic carbocycles. The summed E-state index contributed by atoms with van der Waals surface area (Å²) in [4.78, 5) is 23.0. The third-order valence-electron chi connectivity index (χ3n) is 7.36. The number of phenolic OH excluding ortho intramolecular Hbond substituents is 1. The number of carbonyl (C=O) groups excluding carboxylic acids is 1. The SMILES string of the molecule is Cc1c(F)cccc1[C@H]1[C@@H](C(=O)c2cccc(O)c2)CN(CCCCN(C)C)C[C@@H]1c1cccnc1. The maximum atomic E-state index is 14.8. The molecule has 4 rings (SSSR count). The number of carbonyl (C=O) groups is 1. The molecule has 0 spiro atoms. The van der Waals surface area contributed by atoms with Crippen LogP contribution in [0.1, 0.15) is 51.7 Å². The van der Waals surface area contributed by atoms with Crippen molar-refractivity contribution in [3.63, 3.8) is 0 Å². The van der Waals surface area contributed by atoms with Crippen molar-refractivity contribution < 1.29 is 14.3 Å². The number of unbranched alkanes of at least 4 members (excludes halogenated alkanes) is 1. The number of Topliss-reactive ketones (excluding diaryl/α,β-unsaturated/α-hetero) is 1. The van der Waals surface area contributed by atoms with E-state index in [-0.39, 0.29) is 35.1 Å². The van der Waals surface area contributed by atoms with E-state index in [2.05, 4.69) is 34.9 Å². The number of rotatable bonds is 9. The molecule has 2 aromatic carbocycles. The highest BCUT2D eigenvalue weighted by Crippen LogP contribution is 2.45. The van der Waals surface area contributed by atoms with Crippen LogP contribution in [0.15, 0.2) is 67.0 Å². The molecule has 1 aliphatic heterocycles. The van der Waals surface area contributed by atoms with Gasteiger partial charge >= 0.3 is 0 Å². The van der Waals surface area contributed by atoms with Crippen molar-refractivity contribution in [1.29, 1.82) is 0 Å². The Morgan fingerprint density at radius 2 is 1.92 bits per heavy atom. The number of halogens is 1. The smallest absolute Gasteiger partial charge is 0.167 e. The van der Waals surface area contributed by atoms with Gasteiger partial charge in [-0.05, 0) is 87.9 Å². The Morgan fingerprint density at radius 1 is 1.11 bits per heavy atom. The van der Waals surface area contributed by atoms with Gasteiger partial charge < -0.3 is 14.9 Å². The van der Waals surface area contributed by atoms with Crippen molar-refractivity contribution in [3.8, 4) is 5.75 Å². The summed E-state index contributed by atoms with van der Waals surface area (Å²) in [5.41, 5.74) is 3.00. The average Bonchev–Trinajstić information content (AvgIpc) is 2.88. The Morgan fingerprint density at radius 3 is 2.64 bits per heavy atom. The van der Waals surface area contributed by atoms with E-state index >= 15 is 0 Å². The number of hydrogen-bond acceptors (Lipinski definition) is 5. The number of benzene rings is 2. The first-order chi connectivity index (χ1) is 17.3. The summed E-state index contributed by atoms with van der Waals surface area (Å²) in [6, 6.07) is 15.7. The van der Waals surface area contributed by atoms with Crippen molar-refractivity contribution in [2.75, 3.05) is 40.3 Å². The van der Waals surface area contributed by atoms with Crippen LogP contribution in [0.3, 0.4) is 0 Å². The summed E-state index contributed by atoms with van der Waals surface area (Å²) in [7, 11) is 4.16. The maximum Gasteiger partial charge on any atom is 0.167 e. The molecule has 0 unspecified atom stereocenters. The number of hydrogen-bond donors (Lipinski definition) is 1. The lowest BCUT2D eigenvalue weighted by Gasteiger charge is -2.44. The van der Waals surface area contributed by atoms with Gasteiger partial charge in [0.1, 0.15) is 11.6 Å². The monoisotopic (exact) mass is 489 g/mol. The van der Waals surface area contributed by atoms with E-state index in [1.807, 2.05) is 18.3 Å². The minimum absolute atomic E-state index is 0.0203. The topological polar surface area (TPSA) is 56.7 Å². The fraction of sp³-hybridized carbons (Fsp3) is 0.400. The van der Waals surface area contributed by atoms with Crippen molar-refractivity contribution >= 4 is 5.78 Å². The van der Waals surface area contributed by atoms with Crippen LogP contribution in [-0.2, 0) is 0 Å². The van der Waals surface area contributed by atoms with Crippen LogP contribution in [0.4, 0.5) is 4.39 Å². The first-order valence-corrected chi connectivity index (χ1v) is 12.7. The first-order valence-electron chi connectivity index (χ1n) is 12.7. The van der Waals surface area contributed by atoms with E-state index in [1.54, 1.807) is 37.4 Å². The number of pyridine rings is 1. The zero-order valence-electron chi connectivity index (χ0n) is 21.4. The highest BCUT2D eigenvalue weighted by Gasteiger charge is 2.43. The fourth-order valence-electron chi connectivity index (χ4n) is 5.53. The lowest BCUT2D eigenvalue weighted by Crippen LogP contribution is -2.47. The Kier molecular flexibility index (Phi) is 8.49. The first kappa shape index (κ1) is 26.0. The van der Waals surface area contributed by atoms with E-state index in [9.17, 15) is 14.3 Å². The lowest BCUT2D eigenvalue weighted by atomic mass is 9.68. The zero-order chi connectivity index (χ0) is 25.7. The van der Waals surface area contributed by atoms with E-state index in [4.69, 9.17) is 0 Å². The molecule has 0 radical (unpaired) electrons. The maximum absolute atomic E-state index is 14.8. The Hall–Kier alpha value is -3.09. The molecule has 0 bridgehead atoms. The molecule has 1 aromatic heterocycles. The van der Waals surface area contributed by atoms with Gasteiger partial charge in [0.25, 0.3) is 0 Å². The molecule has 1 N–H and O–H groups in total. The molecule has 6 heteroatoms. The summed E-state index contributed by atoms with van der Waals surface area (Å²) in [5, 5.41) is 10.1. The highest BCUT2D eigenvalue weighted by molar-refractivity contribution is 5.99. The normalized spacial score (nSPS) is 20.5. The molecule has 0 amide bonds. The van der Waals surface area contributed by atoms with E-state index in [1.165, 1.54) is 12.1 Å². The molecule has 1 aliphatic rings. The number of aromatic hydroxyl groups is 1. The second-order valence-corrected chi connectivity index (χ2v) is 10.2. The van der Waals surface area contributed by atoms with Crippen molar-refractivity contribution in [3.05, 3.63) is 95.1 Å². The van der Waals surface area contributed by atoms with Gasteiger partial charge in [-0.2, -0.15) is 0 Å². The summed E-state index contributed by atoms with van der Waals surface area (Å²) in [6.07, 6.45) is 5.74. The van der Waals surface area contributed by atoms with Crippen LogP contribution in [0.25, 0.3) is 0 Å². The van der Waals surface area contributed by atoms with Gasteiger partial charge in [0.2, 0.25) is 0 Å². The summed E-state index contributed by atoms with van der Waals surface area (Å²) in [5.74, 6) is -0.830. The average molecular weight is 490 g/mol. The van der Waals surface area contributed by atoms with Crippen molar-refractivity contribution in [2.24, 2.45) is 5.92 Å². The number of ketones is 1. The van der Waals surface area contributed by atoms with Crippen LogP contribution in [-0.4, -0.2) is 65.9 Å². The van der Waals surface area contributed by atoms with E-state index in [0.717, 1.165) is 43.6 Å². The van der Waals surface area contributed by atoms with E-state index < -0.39 is 0 Å². The van der Waals surface area contributed by atoms with Gasteiger partial charge in [0.05, 0.1) is 0 Å². The van der Waals surface area contributed by atoms with Gasteiger partial charge in [-0.25, -0.2) is 4.39 Å². The number of likely N-dealkylation sites (tertiary alicyclic amines) is 1. The van der Waals surface area contributed by atoms with Gasteiger partial charge in [-0.15, -0.1) is 0 Å². The molecule has 190 valence electrons. The summed E-state index contributed by atoms with van der Waals surface area (Å²) < 4.78 is 14.8. The largest absolute Gasteiger partial charge is 0.508 e. The van der Waals surface area contributed by atoms with Crippen LogP contribution in [0.5, 0.6) is 5.75 Å². The number of aromatic nitrogens is 1. The van der Waals surface area contributed by atoms with Gasteiger partial charge in [0.15, 0.2) is 5.78 Å². The number of phenols is 1. The fourth-order valence-corrected chi connectivity index (χ4v) is 5.53. The molecule has 0 saturated carbocycles. The third kappa shape index (κ3) is 6.00. The number of nitrogens with zero attached hydrogens (tertiary/aromatic N) is 3. The third-order valence-corrected chi connectivity index (χ3v) is 7.36. The minimum Gasteiger partial charge on any atom is -0.508 e. The lowest BCUT2D eigenvalue weighted by molar-refractivity contribution is 0.0735. The molecule has 5 nitrogen and oxygen atoms in total. The second-order valence-electron chi connectivity index (χ2n) is 10.2. The molecular formula is C30H36FN3O2. The van der Waals surface area contributed by atoms with Gasteiger partial charge in [0, 0.05) is 48.8 Å². The van der Waals surface area contributed by atoms with Crippen LogP contribution < -0.4 is 0 Å². The molecule has 1 fully saturated rings. The molecule has 36 heavy (non-hydrogen) atoms. The van der Waals surface area contributed by atoms with Crippen LogP contribution in [0.2, 0.25) is 0 Å². The predicted molar refractivity (Wildman–Crippen MR) is 141 cm³/mol. The van der Waals surface area contributed by atoms with Crippen LogP contribution in [0, 0.1) is 18.7 Å². The predicted octanol–water partition coefficient (Wildman–Crippen LogP) is 5.26. The van der Waals surface area contributed by atoms with Crippen molar-refractivity contribution in [1.82, 2.24) is 14.8 Å². The molecule has 3 atom stereocenters. The zero-order valence-corrected chi connectivity index (χ0v) is 21.4. The highest BCUT2D eigenvalue weighted by atomic mass is 19.1. The Bertz CT molecular complexity index is 1170. The molecule has 2 heterocycles.